The Morgan fingerprint density at radius 2 is 2.25 bits per heavy atom. The average Bonchev–Trinajstić information content (AvgIpc) is 3.29. The Balaban J connectivity index is 1.30. The van der Waals surface area contributed by atoms with Gasteiger partial charge in [-0.05, 0) is 31.0 Å². The molecule has 2 aromatic heterocycles. The van der Waals surface area contributed by atoms with E-state index in [1.54, 1.807) is 12.3 Å². The summed E-state index contributed by atoms with van der Waals surface area (Å²) in [4.78, 5) is 26.8. The molecule has 0 radical (unpaired) electrons. The van der Waals surface area contributed by atoms with Gasteiger partial charge in [0.1, 0.15) is 0 Å². The summed E-state index contributed by atoms with van der Waals surface area (Å²) in [6.07, 6.45) is 2.77. The van der Waals surface area contributed by atoms with Crippen LogP contribution in [0.2, 0.25) is 0 Å². The average molecular weight is 383 g/mol. The maximum atomic E-state index is 12.8. The minimum atomic E-state index is -0.431. The van der Waals surface area contributed by atoms with Crippen LogP contribution in [0.4, 0.5) is 0 Å². The summed E-state index contributed by atoms with van der Waals surface area (Å²) in [6, 6.07) is 5.58. The molecule has 2 aliphatic rings. The molecular weight excluding hydrogens is 362 g/mol. The van der Waals surface area contributed by atoms with E-state index >= 15 is 0 Å². The molecule has 5 rings (SSSR count). The number of ether oxygens (including phenoxy) is 1. The molecule has 1 aromatic carbocycles. The molecule has 28 heavy (non-hydrogen) atoms. The zero-order valence-electron chi connectivity index (χ0n) is 15.6. The molecule has 0 aliphatic carbocycles. The van der Waals surface area contributed by atoms with Crippen molar-refractivity contribution in [2.75, 3.05) is 13.1 Å². The molecule has 2 aliphatic heterocycles. The van der Waals surface area contributed by atoms with Crippen LogP contribution in [0.1, 0.15) is 30.1 Å². The second-order valence-corrected chi connectivity index (χ2v) is 7.46. The maximum Gasteiger partial charge on any atom is 0.419 e. The highest BCUT2D eigenvalue weighted by Crippen LogP contribution is 2.30. The van der Waals surface area contributed by atoms with Gasteiger partial charge in [0, 0.05) is 26.1 Å². The number of benzene rings is 1. The van der Waals surface area contributed by atoms with Crippen molar-refractivity contribution in [1.29, 1.82) is 0 Å². The molecule has 1 fully saturated rings. The highest BCUT2D eigenvalue weighted by atomic mass is 16.5. The van der Waals surface area contributed by atoms with Crippen molar-refractivity contribution in [3.05, 3.63) is 46.2 Å². The number of oxazole rings is 1. The molecule has 9 nitrogen and oxygen atoms in total. The number of nitrogens with zero attached hydrogens (tertiary/aromatic N) is 5. The van der Waals surface area contributed by atoms with Crippen molar-refractivity contribution in [1.82, 2.24) is 24.5 Å². The summed E-state index contributed by atoms with van der Waals surface area (Å²) in [5.41, 5.74) is 3.24. The van der Waals surface area contributed by atoms with Crippen LogP contribution in [0.25, 0.3) is 11.1 Å². The molecule has 0 N–H and O–H groups in total. The molecule has 2 atom stereocenters. The molecule has 0 spiro atoms. The van der Waals surface area contributed by atoms with E-state index in [0.717, 1.165) is 23.2 Å². The minimum absolute atomic E-state index is 0.0101. The predicted molar refractivity (Wildman–Crippen MR) is 98.7 cm³/mol. The summed E-state index contributed by atoms with van der Waals surface area (Å²) >= 11 is 0. The van der Waals surface area contributed by atoms with Gasteiger partial charge in [0.15, 0.2) is 5.58 Å². The Labute approximate surface area is 160 Å². The normalized spacial score (nSPS) is 21.5. The Hall–Kier alpha value is -2.94. The summed E-state index contributed by atoms with van der Waals surface area (Å²) < 4.78 is 14.6. The van der Waals surface area contributed by atoms with Crippen molar-refractivity contribution in [3.63, 3.8) is 0 Å². The Kier molecular flexibility index (Phi) is 4.04. The third-order valence-corrected chi connectivity index (χ3v) is 5.65. The second-order valence-electron chi connectivity index (χ2n) is 7.46. The van der Waals surface area contributed by atoms with Gasteiger partial charge in [-0.25, -0.2) is 9.48 Å². The number of fused-ring (bicyclic) bond motifs is 4. The van der Waals surface area contributed by atoms with E-state index < -0.39 is 5.76 Å². The Morgan fingerprint density at radius 3 is 3.14 bits per heavy atom. The standard InChI is InChI=1S/C19H21N5O4/c1-12-2-3-17-14(8-12)23(19(26)28-17)7-5-18(25)22-6-4-16-15(10-22)24-13(11-27-16)9-20-21-24/h2-3,8-9,15-16H,4-7,10-11H2,1H3/t15-,16+/m1/s1. The molecular formula is C19H21N5O4. The minimum Gasteiger partial charge on any atom is -0.408 e. The van der Waals surface area contributed by atoms with E-state index in [2.05, 4.69) is 10.3 Å². The quantitative estimate of drug-likeness (QED) is 0.676. The monoisotopic (exact) mass is 383 g/mol. The fourth-order valence-electron chi connectivity index (χ4n) is 4.16. The van der Waals surface area contributed by atoms with Gasteiger partial charge in [-0.2, -0.15) is 0 Å². The molecule has 0 saturated carbocycles. The van der Waals surface area contributed by atoms with E-state index in [0.29, 0.717) is 31.8 Å². The second kappa shape index (κ2) is 6.59. The number of carbonyl (C=O) groups is 1. The van der Waals surface area contributed by atoms with Gasteiger partial charge >= 0.3 is 5.76 Å². The fourth-order valence-corrected chi connectivity index (χ4v) is 4.16. The van der Waals surface area contributed by atoms with Crippen LogP contribution in [0.15, 0.2) is 33.6 Å². The third kappa shape index (κ3) is 2.82. The first-order chi connectivity index (χ1) is 13.6. The van der Waals surface area contributed by atoms with Crippen molar-refractivity contribution in [3.8, 4) is 0 Å². The largest absolute Gasteiger partial charge is 0.419 e. The SMILES string of the molecule is Cc1ccc2oc(=O)n(CCC(=O)N3CC[C@@H]4OCc5cnnn5[C@@H]4C3)c2c1. The van der Waals surface area contributed by atoms with Crippen LogP contribution in [-0.4, -0.2) is 49.6 Å². The van der Waals surface area contributed by atoms with E-state index in [9.17, 15) is 9.59 Å². The number of piperidine rings is 1. The molecule has 0 unspecified atom stereocenters. The lowest BCUT2D eigenvalue weighted by molar-refractivity contribution is -0.138. The van der Waals surface area contributed by atoms with Crippen molar-refractivity contribution in [2.45, 2.75) is 45.1 Å². The number of hydrogen-bond donors (Lipinski definition) is 0. The lowest BCUT2D eigenvalue weighted by Crippen LogP contribution is -2.50. The molecule has 146 valence electrons. The summed E-state index contributed by atoms with van der Waals surface area (Å²) in [5.74, 6) is -0.417. The predicted octanol–water partition coefficient (Wildman–Crippen LogP) is 1.26. The van der Waals surface area contributed by atoms with Gasteiger partial charge in [0.05, 0.1) is 36.2 Å². The van der Waals surface area contributed by atoms with Crippen LogP contribution in [0, 0.1) is 6.92 Å². The Morgan fingerprint density at radius 1 is 1.36 bits per heavy atom. The lowest BCUT2D eigenvalue weighted by Gasteiger charge is -2.41. The first-order valence-electron chi connectivity index (χ1n) is 9.48. The van der Waals surface area contributed by atoms with Crippen molar-refractivity contribution >= 4 is 17.0 Å². The molecule has 4 heterocycles. The van der Waals surface area contributed by atoms with E-state index in [-0.39, 0.29) is 24.5 Å². The number of aromatic nitrogens is 4. The van der Waals surface area contributed by atoms with Gasteiger partial charge in [0.2, 0.25) is 5.91 Å². The fraction of sp³-hybridized carbons (Fsp3) is 0.474. The molecule has 9 heteroatoms. The van der Waals surface area contributed by atoms with E-state index in [4.69, 9.17) is 9.15 Å². The number of amides is 1. The topological polar surface area (TPSA) is 95.4 Å². The highest BCUT2D eigenvalue weighted by Gasteiger charge is 2.37. The van der Waals surface area contributed by atoms with Crippen LogP contribution in [-0.2, 0) is 22.7 Å². The third-order valence-electron chi connectivity index (χ3n) is 5.65. The van der Waals surface area contributed by atoms with Crippen molar-refractivity contribution < 1.29 is 13.9 Å². The van der Waals surface area contributed by atoms with Gasteiger partial charge in [-0.3, -0.25) is 9.36 Å². The van der Waals surface area contributed by atoms with Gasteiger partial charge in [-0.15, -0.1) is 5.10 Å². The van der Waals surface area contributed by atoms with Crippen LogP contribution in [0.5, 0.6) is 0 Å². The summed E-state index contributed by atoms with van der Waals surface area (Å²) in [7, 11) is 0. The van der Waals surface area contributed by atoms with Gasteiger partial charge in [0.25, 0.3) is 0 Å². The molecule has 1 amide bonds. The summed E-state index contributed by atoms with van der Waals surface area (Å²) in [6.45, 7) is 3.95. The molecule has 0 bridgehead atoms. The number of carbonyl (C=O) groups excluding carboxylic acids is 1. The number of hydrogen-bond acceptors (Lipinski definition) is 6. The van der Waals surface area contributed by atoms with Crippen LogP contribution < -0.4 is 5.76 Å². The highest BCUT2D eigenvalue weighted by molar-refractivity contribution is 5.77. The smallest absolute Gasteiger partial charge is 0.408 e. The molecule has 3 aromatic rings. The number of likely N-dealkylation sites (tertiary alicyclic amines) is 1. The van der Waals surface area contributed by atoms with E-state index in [1.807, 2.05) is 28.6 Å². The first kappa shape index (κ1) is 17.2. The van der Waals surface area contributed by atoms with Crippen molar-refractivity contribution in [2.24, 2.45) is 0 Å². The van der Waals surface area contributed by atoms with E-state index in [1.165, 1.54) is 4.57 Å². The van der Waals surface area contributed by atoms with Gasteiger partial charge < -0.3 is 14.1 Å². The number of aryl methyl sites for hydroxylation is 2. The molecule has 1 saturated heterocycles. The Bertz CT molecular complexity index is 1100. The summed E-state index contributed by atoms with van der Waals surface area (Å²) in [5, 5.41) is 8.13. The zero-order chi connectivity index (χ0) is 19.3. The van der Waals surface area contributed by atoms with Crippen LogP contribution in [0.3, 0.4) is 0 Å². The first-order valence-corrected chi connectivity index (χ1v) is 9.48. The maximum absolute atomic E-state index is 12.8. The lowest BCUT2D eigenvalue weighted by atomic mass is 10.00. The zero-order valence-corrected chi connectivity index (χ0v) is 15.6. The number of rotatable bonds is 3. The van der Waals surface area contributed by atoms with Gasteiger partial charge in [-0.1, -0.05) is 11.3 Å². The van der Waals surface area contributed by atoms with Crippen LogP contribution >= 0.6 is 0 Å².